The number of carbonyl (C=O) groups excluding carboxylic acids is 1. The minimum atomic E-state index is -0.0901. The first kappa shape index (κ1) is 27.8. The molecule has 0 atom stereocenters. The number of benzene rings is 1. The summed E-state index contributed by atoms with van der Waals surface area (Å²) in [6, 6.07) is 9.83. The molecule has 1 aromatic rings. The summed E-state index contributed by atoms with van der Waals surface area (Å²) in [5.74, 6) is 12.3. The van der Waals surface area contributed by atoms with Gasteiger partial charge >= 0.3 is 5.97 Å². The Morgan fingerprint density at radius 1 is 0.688 bits per heavy atom. The number of esters is 1. The smallest absolute Gasteiger partial charge is 0.306 e. The van der Waals surface area contributed by atoms with Gasteiger partial charge in [0.2, 0.25) is 0 Å². The van der Waals surface area contributed by atoms with Crippen LogP contribution in [0.5, 0.6) is 0 Å². The lowest BCUT2D eigenvalue weighted by molar-refractivity contribution is -0.145. The van der Waals surface area contributed by atoms with Crippen molar-refractivity contribution in [2.45, 2.75) is 123 Å². The van der Waals surface area contributed by atoms with Crippen molar-refractivity contribution in [3.8, 4) is 23.7 Å². The van der Waals surface area contributed by atoms with Gasteiger partial charge in [0, 0.05) is 19.3 Å². The van der Waals surface area contributed by atoms with E-state index in [4.69, 9.17) is 4.74 Å². The minimum absolute atomic E-state index is 0.0901. The molecule has 1 rings (SSSR count). The highest BCUT2D eigenvalue weighted by Gasteiger charge is 2.03. The third-order valence-electron chi connectivity index (χ3n) is 5.57. The number of hydrogen-bond donors (Lipinski definition) is 0. The van der Waals surface area contributed by atoms with Crippen LogP contribution in [-0.2, 0) is 16.1 Å². The fourth-order valence-corrected chi connectivity index (χ4v) is 3.56. The second kappa shape index (κ2) is 22.0. The van der Waals surface area contributed by atoms with Crippen LogP contribution in [0.15, 0.2) is 30.3 Å². The summed E-state index contributed by atoms with van der Waals surface area (Å²) in [5.41, 5.74) is 1.04. The molecule has 0 aliphatic carbocycles. The van der Waals surface area contributed by atoms with E-state index >= 15 is 0 Å². The highest BCUT2D eigenvalue weighted by atomic mass is 16.5. The molecular formula is C30H44O2. The van der Waals surface area contributed by atoms with Gasteiger partial charge in [-0.3, -0.25) is 4.79 Å². The Morgan fingerprint density at radius 3 is 1.75 bits per heavy atom. The second-order valence-electron chi connectivity index (χ2n) is 8.60. The summed E-state index contributed by atoms with van der Waals surface area (Å²) in [4.78, 5) is 11.8. The number of rotatable bonds is 18. The summed E-state index contributed by atoms with van der Waals surface area (Å²) in [6.45, 7) is 2.64. The normalized spacial score (nSPS) is 10.0. The van der Waals surface area contributed by atoms with Crippen molar-refractivity contribution in [2.75, 3.05) is 0 Å². The van der Waals surface area contributed by atoms with Crippen LogP contribution in [-0.4, -0.2) is 5.97 Å². The lowest BCUT2D eigenvalue weighted by Gasteiger charge is -2.05. The Balaban J connectivity index is 1.83. The van der Waals surface area contributed by atoms with E-state index in [0.717, 1.165) is 37.7 Å². The van der Waals surface area contributed by atoms with Gasteiger partial charge in [-0.15, -0.1) is 0 Å². The number of unbranched alkanes of at least 4 members (excludes halogenated alkanes) is 14. The maximum absolute atomic E-state index is 11.8. The van der Waals surface area contributed by atoms with Crippen LogP contribution < -0.4 is 0 Å². The zero-order valence-corrected chi connectivity index (χ0v) is 20.4. The molecule has 0 unspecified atom stereocenters. The van der Waals surface area contributed by atoms with Crippen molar-refractivity contribution in [2.24, 2.45) is 0 Å². The molecule has 0 amide bonds. The van der Waals surface area contributed by atoms with Crippen LogP contribution in [0.2, 0.25) is 0 Å². The average Bonchev–Trinajstić information content (AvgIpc) is 2.82. The number of hydrogen-bond acceptors (Lipinski definition) is 2. The second-order valence-corrected chi connectivity index (χ2v) is 8.60. The van der Waals surface area contributed by atoms with Crippen molar-refractivity contribution < 1.29 is 9.53 Å². The van der Waals surface area contributed by atoms with Crippen LogP contribution >= 0.6 is 0 Å². The predicted octanol–water partition coefficient (Wildman–Crippen LogP) is 8.39. The summed E-state index contributed by atoms with van der Waals surface area (Å²) in [7, 11) is 0. The van der Waals surface area contributed by atoms with Crippen LogP contribution in [0.25, 0.3) is 0 Å². The van der Waals surface area contributed by atoms with Gasteiger partial charge in [-0.05, 0) is 36.7 Å². The summed E-state index contributed by atoms with van der Waals surface area (Å²) in [5, 5.41) is 0. The molecule has 0 aliphatic heterocycles. The van der Waals surface area contributed by atoms with Crippen molar-refractivity contribution in [1.82, 2.24) is 0 Å². The standard InChI is InChI=1S/C30H44O2/c1-2-3-4-5-6-7-8-9-10-11-12-13-14-15-16-17-18-19-20-24-27-30(31)32-28-29-25-22-21-23-26-29/h21-23,25-26H,2-10,15-20,24,27-28H2,1H3. The van der Waals surface area contributed by atoms with E-state index in [9.17, 15) is 4.79 Å². The lowest BCUT2D eigenvalue weighted by Crippen LogP contribution is -2.04. The van der Waals surface area contributed by atoms with Crippen molar-refractivity contribution in [1.29, 1.82) is 0 Å². The first-order valence-corrected chi connectivity index (χ1v) is 13.0. The highest BCUT2D eigenvalue weighted by Crippen LogP contribution is 2.10. The van der Waals surface area contributed by atoms with Gasteiger partial charge in [-0.1, -0.05) is 120 Å². The van der Waals surface area contributed by atoms with Crippen LogP contribution in [0, 0.1) is 23.7 Å². The van der Waals surface area contributed by atoms with Gasteiger partial charge in [0.1, 0.15) is 6.61 Å². The van der Waals surface area contributed by atoms with E-state index in [0.29, 0.717) is 13.0 Å². The molecule has 0 aliphatic rings. The minimum Gasteiger partial charge on any atom is -0.461 e. The zero-order valence-electron chi connectivity index (χ0n) is 20.4. The maximum atomic E-state index is 11.8. The fraction of sp³-hybridized carbons (Fsp3) is 0.633. The fourth-order valence-electron chi connectivity index (χ4n) is 3.56. The van der Waals surface area contributed by atoms with Gasteiger partial charge in [0.25, 0.3) is 0 Å². The molecule has 0 saturated carbocycles. The molecule has 1 aromatic carbocycles. The average molecular weight is 437 g/mol. The molecular weight excluding hydrogens is 392 g/mol. The number of ether oxygens (including phenoxy) is 1. The topological polar surface area (TPSA) is 26.3 Å². The number of carbonyl (C=O) groups is 1. The third-order valence-corrected chi connectivity index (χ3v) is 5.57. The molecule has 32 heavy (non-hydrogen) atoms. The summed E-state index contributed by atoms with van der Waals surface area (Å²) >= 11 is 0. The van der Waals surface area contributed by atoms with Crippen molar-refractivity contribution >= 4 is 5.97 Å². The molecule has 0 spiro atoms. The molecule has 176 valence electrons. The lowest BCUT2D eigenvalue weighted by atomic mass is 10.1. The van der Waals surface area contributed by atoms with E-state index < -0.39 is 0 Å². The van der Waals surface area contributed by atoms with E-state index in [2.05, 4.69) is 30.6 Å². The highest BCUT2D eigenvalue weighted by molar-refractivity contribution is 5.69. The molecule has 0 saturated heterocycles. The SMILES string of the molecule is CCCCCCCCCCC#CC#CCCCCCCCCC(=O)OCc1ccccc1. The van der Waals surface area contributed by atoms with Gasteiger partial charge in [-0.25, -0.2) is 0 Å². The third kappa shape index (κ3) is 18.6. The van der Waals surface area contributed by atoms with E-state index in [1.807, 2.05) is 30.3 Å². The summed E-state index contributed by atoms with van der Waals surface area (Å²) < 4.78 is 5.30. The van der Waals surface area contributed by atoms with Crippen LogP contribution in [0.4, 0.5) is 0 Å². The first-order valence-electron chi connectivity index (χ1n) is 13.0. The first-order chi connectivity index (χ1) is 15.8. The summed E-state index contributed by atoms with van der Waals surface area (Å²) in [6.07, 6.45) is 20.0. The maximum Gasteiger partial charge on any atom is 0.306 e. The Labute approximate surface area is 197 Å². The Bertz CT molecular complexity index is 684. The molecule has 2 nitrogen and oxygen atoms in total. The molecule has 0 N–H and O–H groups in total. The van der Waals surface area contributed by atoms with Crippen LogP contribution in [0.3, 0.4) is 0 Å². The van der Waals surface area contributed by atoms with Gasteiger partial charge in [-0.2, -0.15) is 0 Å². The Morgan fingerprint density at radius 2 is 1.19 bits per heavy atom. The van der Waals surface area contributed by atoms with Crippen molar-refractivity contribution in [3.63, 3.8) is 0 Å². The molecule has 0 aromatic heterocycles. The van der Waals surface area contributed by atoms with E-state index in [1.165, 1.54) is 70.6 Å². The largest absolute Gasteiger partial charge is 0.461 e. The quantitative estimate of drug-likeness (QED) is 0.131. The van der Waals surface area contributed by atoms with E-state index in [1.54, 1.807) is 0 Å². The van der Waals surface area contributed by atoms with Crippen molar-refractivity contribution in [3.05, 3.63) is 35.9 Å². The zero-order chi connectivity index (χ0) is 23.0. The molecule has 0 bridgehead atoms. The molecule has 0 fully saturated rings. The van der Waals surface area contributed by atoms with Gasteiger partial charge in [0.15, 0.2) is 0 Å². The van der Waals surface area contributed by atoms with E-state index in [-0.39, 0.29) is 5.97 Å². The molecule has 2 heteroatoms. The Kier molecular flexibility index (Phi) is 19.2. The monoisotopic (exact) mass is 436 g/mol. The van der Waals surface area contributed by atoms with Gasteiger partial charge < -0.3 is 4.74 Å². The molecule has 0 heterocycles. The molecule has 0 radical (unpaired) electrons. The van der Waals surface area contributed by atoms with Crippen LogP contribution in [0.1, 0.15) is 122 Å². The van der Waals surface area contributed by atoms with Gasteiger partial charge in [0.05, 0.1) is 0 Å². The Hall–Kier alpha value is -2.19. The predicted molar refractivity (Wildman–Crippen MR) is 136 cm³/mol.